The van der Waals surface area contributed by atoms with Crippen LogP contribution in [0.5, 0.6) is 11.5 Å². The second-order valence-corrected chi connectivity index (χ2v) is 12.4. The third kappa shape index (κ3) is 4.77. The molecular formula is C32H38N4O8. The number of fused-ring (bicyclic) bond motifs is 3. The number of ether oxygens (including phenoxy) is 1. The van der Waals surface area contributed by atoms with Crippen LogP contribution in [0.3, 0.4) is 0 Å². The number of benzene rings is 2. The molecule has 2 saturated carbocycles. The number of nitrogens with two attached hydrogens (primary N) is 1. The van der Waals surface area contributed by atoms with Crippen molar-refractivity contribution in [2.75, 3.05) is 40.2 Å². The van der Waals surface area contributed by atoms with Gasteiger partial charge in [-0.05, 0) is 62.2 Å². The van der Waals surface area contributed by atoms with Gasteiger partial charge in [-0.25, -0.2) is 0 Å². The number of aliphatic hydroxyl groups is 1. The summed E-state index contributed by atoms with van der Waals surface area (Å²) < 4.78 is 5.19. The van der Waals surface area contributed by atoms with E-state index in [4.69, 9.17) is 10.5 Å². The van der Waals surface area contributed by atoms with E-state index < -0.39 is 64.4 Å². The lowest BCUT2D eigenvalue weighted by Crippen LogP contribution is -2.74. The molecule has 12 heteroatoms. The molecule has 6 atom stereocenters. The van der Waals surface area contributed by atoms with Gasteiger partial charge in [-0.15, -0.1) is 0 Å². The Balaban J connectivity index is 1.52. The van der Waals surface area contributed by atoms with Crippen LogP contribution < -0.4 is 20.7 Å². The van der Waals surface area contributed by atoms with Gasteiger partial charge in [0.05, 0.1) is 24.6 Å². The molecule has 3 unspecified atom stereocenters. The smallest absolute Gasteiger partial charge is 0.235 e. The predicted octanol–water partition coefficient (Wildman–Crippen LogP) is 0.231. The molecule has 2 fully saturated rings. The number of carbonyl (C=O) groups is 5. The molecule has 2 aromatic rings. The number of nitrogens with zero attached hydrogens (tertiary/aromatic N) is 2. The first-order valence-corrected chi connectivity index (χ1v) is 14.5. The Morgan fingerprint density at radius 3 is 2.30 bits per heavy atom. The number of hydrogen-bond acceptors (Lipinski definition) is 11. The number of phenolic OH excluding ortho intramolecular Hbond substituents is 1. The summed E-state index contributed by atoms with van der Waals surface area (Å²) >= 11 is 0. The van der Waals surface area contributed by atoms with E-state index in [0.717, 1.165) is 11.3 Å². The molecule has 3 aliphatic carbocycles. The lowest BCUT2D eigenvalue weighted by Gasteiger charge is -2.52. The van der Waals surface area contributed by atoms with Crippen molar-refractivity contribution in [3.8, 4) is 11.5 Å². The normalized spacial score (nSPS) is 27.9. The number of ketones is 4. The van der Waals surface area contributed by atoms with Crippen LogP contribution in [0, 0.1) is 23.7 Å². The van der Waals surface area contributed by atoms with Crippen LogP contribution in [0.2, 0.25) is 0 Å². The summed E-state index contributed by atoms with van der Waals surface area (Å²) in [4.78, 5) is 70.5. The van der Waals surface area contributed by atoms with Crippen LogP contribution in [0.1, 0.15) is 33.5 Å². The lowest BCUT2D eigenvalue weighted by atomic mass is 9.52. The minimum Gasteiger partial charge on any atom is -0.507 e. The third-order valence-electron chi connectivity index (χ3n) is 9.40. The highest BCUT2D eigenvalue weighted by atomic mass is 16.5. The second kappa shape index (κ2) is 11.4. The maximum Gasteiger partial charge on any atom is 0.235 e. The van der Waals surface area contributed by atoms with Crippen LogP contribution in [0.4, 0.5) is 5.69 Å². The van der Waals surface area contributed by atoms with E-state index in [2.05, 4.69) is 5.32 Å². The summed E-state index contributed by atoms with van der Waals surface area (Å²) in [6.45, 7) is 0.678. The van der Waals surface area contributed by atoms with Crippen LogP contribution in [0.15, 0.2) is 30.3 Å². The van der Waals surface area contributed by atoms with Gasteiger partial charge in [0, 0.05) is 44.4 Å². The first-order chi connectivity index (χ1) is 20.7. The van der Waals surface area contributed by atoms with E-state index in [0.29, 0.717) is 23.4 Å². The number of rotatable bonds is 8. The van der Waals surface area contributed by atoms with Crippen LogP contribution in [-0.2, 0) is 38.7 Å². The number of primary amides is 1. The molecule has 234 valence electrons. The summed E-state index contributed by atoms with van der Waals surface area (Å²) in [6.07, 6.45) is 0.204. The molecule has 2 aromatic carbocycles. The number of phenols is 1. The molecular weight excluding hydrogens is 568 g/mol. The van der Waals surface area contributed by atoms with E-state index in [1.165, 1.54) is 4.90 Å². The third-order valence-corrected chi connectivity index (χ3v) is 9.40. The molecule has 12 nitrogen and oxygen atoms in total. The number of methoxy groups -OCH3 is 1. The van der Waals surface area contributed by atoms with Gasteiger partial charge in [0.1, 0.15) is 11.5 Å². The monoisotopic (exact) mass is 606 g/mol. The van der Waals surface area contributed by atoms with Gasteiger partial charge in [-0.3, -0.25) is 28.9 Å². The van der Waals surface area contributed by atoms with Gasteiger partial charge >= 0.3 is 0 Å². The Morgan fingerprint density at radius 2 is 1.73 bits per heavy atom. The van der Waals surface area contributed by atoms with Crippen molar-refractivity contribution >= 4 is 34.7 Å². The van der Waals surface area contributed by atoms with E-state index in [9.17, 15) is 34.2 Å². The largest absolute Gasteiger partial charge is 0.507 e. The van der Waals surface area contributed by atoms with Crippen molar-refractivity contribution in [1.29, 1.82) is 0 Å². The quantitative estimate of drug-likeness (QED) is 0.302. The van der Waals surface area contributed by atoms with Gasteiger partial charge < -0.3 is 30.9 Å². The van der Waals surface area contributed by atoms with Crippen LogP contribution in [0.25, 0.3) is 0 Å². The maximum absolute atomic E-state index is 14.2. The minimum absolute atomic E-state index is 0.00267. The highest BCUT2D eigenvalue weighted by molar-refractivity contribution is 6.32. The Bertz CT molecular complexity index is 1550. The first kappa shape index (κ1) is 31.3. The number of aromatic hydroxyl groups is 1. The fourth-order valence-corrected chi connectivity index (χ4v) is 7.33. The van der Waals surface area contributed by atoms with Gasteiger partial charge in [0.15, 0.2) is 34.7 Å². The van der Waals surface area contributed by atoms with E-state index in [1.807, 2.05) is 43.3 Å². The number of anilines is 1. The highest BCUT2D eigenvalue weighted by Gasteiger charge is 2.69. The lowest BCUT2D eigenvalue weighted by molar-refractivity contribution is -0.181. The topological polar surface area (TPSA) is 180 Å². The van der Waals surface area contributed by atoms with Crippen molar-refractivity contribution in [3.63, 3.8) is 0 Å². The second-order valence-electron chi connectivity index (χ2n) is 12.4. The number of amides is 1. The molecule has 44 heavy (non-hydrogen) atoms. The predicted molar refractivity (Wildman–Crippen MR) is 159 cm³/mol. The molecule has 0 spiro atoms. The molecule has 0 radical (unpaired) electrons. The van der Waals surface area contributed by atoms with Crippen molar-refractivity contribution in [1.82, 2.24) is 10.2 Å². The van der Waals surface area contributed by atoms with Crippen molar-refractivity contribution in [2.24, 2.45) is 29.4 Å². The molecule has 0 saturated heterocycles. The standard InChI is InChI=1S/C32H38N4O8/c1-35(2)21-12-17(14-34-13-15-6-8-18(44-5)9-7-15)26(37)23-19(21)10-16-11-20-25(36(3)4)28(39)24(31(33)42)30(41)32(20,43)29(40)22(16)27(23)38/h6-9,12,16,20,22,24-25,34,37,43H,10-11,13-14H2,1-5H3,(H2,33,42)/t16-,20-,22?,24?,25?,32-/m0/s1. The summed E-state index contributed by atoms with van der Waals surface area (Å²) in [7, 11) is 8.33. The van der Waals surface area contributed by atoms with Crippen LogP contribution in [-0.4, -0.2) is 91.1 Å². The molecule has 3 aliphatic rings. The maximum atomic E-state index is 14.2. The SMILES string of the molecule is COc1ccc(CNCc2cc(N(C)C)c3c(c2O)C(=O)C2C(=O)[C@]4(O)C(=O)C(C(N)=O)C(=O)C(N(C)C)[C@@H]4C[C@@H]2C3)cc1. The van der Waals surface area contributed by atoms with Crippen molar-refractivity contribution in [3.05, 3.63) is 52.6 Å². The van der Waals surface area contributed by atoms with Gasteiger partial charge in [-0.2, -0.15) is 0 Å². The van der Waals surface area contributed by atoms with Crippen LogP contribution >= 0.6 is 0 Å². The Labute approximate surface area is 255 Å². The van der Waals surface area contributed by atoms with Crippen molar-refractivity contribution < 1.29 is 38.9 Å². The zero-order valence-electron chi connectivity index (χ0n) is 25.4. The average molecular weight is 607 g/mol. The molecule has 0 aliphatic heterocycles. The highest BCUT2D eigenvalue weighted by Crippen LogP contribution is 2.52. The summed E-state index contributed by atoms with van der Waals surface area (Å²) in [6, 6.07) is 8.15. The molecule has 0 aromatic heterocycles. The Kier molecular flexibility index (Phi) is 8.12. The summed E-state index contributed by atoms with van der Waals surface area (Å²) in [5.41, 5.74) is 5.27. The molecule has 0 bridgehead atoms. The summed E-state index contributed by atoms with van der Waals surface area (Å²) in [5, 5.41) is 26.5. The van der Waals surface area contributed by atoms with Gasteiger partial charge in [-0.1, -0.05) is 12.1 Å². The minimum atomic E-state index is -2.76. The number of hydrogen-bond donors (Lipinski definition) is 4. The van der Waals surface area contributed by atoms with Crippen molar-refractivity contribution in [2.45, 2.75) is 37.6 Å². The molecule has 1 amide bonds. The van der Waals surface area contributed by atoms with E-state index >= 15 is 0 Å². The number of nitrogens with one attached hydrogen (secondary N) is 1. The van der Waals surface area contributed by atoms with Gasteiger partial charge in [0.2, 0.25) is 5.91 Å². The summed E-state index contributed by atoms with van der Waals surface area (Å²) in [5.74, 6) is -9.88. The number of likely N-dealkylation sites (N-methyl/N-ethyl adjacent to an activating group) is 1. The number of Topliss-reactive ketones (excluding diaryl/α,β-unsaturated/α-hetero) is 4. The molecule has 5 N–H and O–H groups in total. The molecule has 5 rings (SSSR count). The fraction of sp³-hybridized carbons (Fsp3) is 0.469. The zero-order chi connectivity index (χ0) is 32.2. The first-order valence-electron chi connectivity index (χ1n) is 14.5. The Morgan fingerprint density at radius 1 is 1.07 bits per heavy atom. The zero-order valence-corrected chi connectivity index (χ0v) is 25.4. The fourth-order valence-electron chi connectivity index (χ4n) is 7.33. The number of carbonyl (C=O) groups excluding carboxylic acids is 5. The van der Waals surface area contributed by atoms with E-state index in [-0.39, 0.29) is 30.7 Å². The average Bonchev–Trinajstić information content (AvgIpc) is 2.96. The Hall–Kier alpha value is -4.13. The van der Waals surface area contributed by atoms with E-state index in [1.54, 1.807) is 27.3 Å². The van der Waals surface area contributed by atoms with Gasteiger partial charge in [0.25, 0.3) is 0 Å². The molecule has 0 heterocycles.